The summed E-state index contributed by atoms with van der Waals surface area (Å²) in [6.45, 7) is 15.3. The molecule has 4 rings (SSSR count). The summed E-state index contributed by atoms with van der Waals surface area (Å²) in [5.41, 5.74) is 0.610. The van der Waals surface area contributed by atoms with Crippen LogP contribution in [-0.2, 0) is 9.16 Å². The van der Waals surface area contributed by atoms with Crippen LogP contribution in [0.3, 0.4) is 0 Å². The fourth-order valence-electron chi connectivity index (χ4n) is 3.70. The highest BCUT2D eigenvalue weighted by Gasteiger charge is 2.41. The van der Waals surface area contributed by atoms with Crippen LogP contribution >= 0.6 is 11.3 Å². The van der Waals surface area contributed by atoms with Gasteiger partial charge in [-0.25, -0.2) is 4.98 Å². The highest BCUT2D eigenvalue weighted by Crippen LogP contribution is 2.40. The van der Waals surface area contributed by atoms with Crippen LogP contribution in [0.1, 0.15) is 27.2 Å². The van der Waals surface area contributed by atoms with E-state index >= 15 is 0 Å². The molecule has 0 aromatic carbocycles. The number of pyridine rings is 1. The highest BCUT2D eigenvalue weighted by atomic mass is 32.1. The molecule has 0 amide bonds. The van der Waals surface area contributed by atoms with Crippen LogP contribution in [0.2, 0.25) is 18.1 Å². The van der Waals surface area contributed by atoms with E-state index in [1.165, 1.54) is 11.3 Å². The molecule has 1 atom stereocenters. The molecule has 2 aromatic heterocycles. The first-order valence-electron chi connectivity index (χ1n) is 10.8. The van der Waals surface area contributed by atoms with E-state index in [4.69, 9.17) is 9.16 Å². The van der Waals surface area contributed by atoms with Gasteiger partial charge in [-0.3, -0.25) is 10.1 Å². The number of ether oxygens (including phenoxy) is 1. The van der Waals surface area contributed by atoms with Gasteiger partial charge in [-0.2, -0.15) is 4.98 Å². The molecular weight excluding hydrogens is 434 g/mol. The smallest absolute Gasteiger partial charge is 0.313 e. The molecule has 31 heavy (non-hydrogen) atoms. The largest absolute Gasteiger partial charge is 0.412 e. The average molecular weight is 466 g/mol. The van der Waals surface area contributed by atoms with Gasteiger partial charge in [-0.1, -0.05) is 32.1 Å². The van der Waals surface area contributed by atoms with E-state index in [2.05, 4.69) is 48.7 Å². The molecule has 0 spiro atoms. The third-order valence-electron chi connectivity index (χ3n) is 6.52. The van der Waals surface area contributed by atoms with Gasteiger partial charge in [-0.05, 0) is 24.6 Å². The monoisotopic (exact) mass is 465 g/mol. The Balaban J connectivity index is 1.59. The molecule has 0 saturated carbocycles. The summed E-state index contributed by atoms with van der Waals surface area (Å²) in [4.78, 5) is 25.0. The van der Waals surface area contributed by atoms with Gasteiger partial charge < -0.3 is 19.0 Å². The van der Waals surface area contributed by atoms with Crippen molar-refractivity contribution in [3.8, 4) is 0 Å². The quantitative estimate of drug-likeness (QED) is 0.371. The van der Waals surface area contributed by atoms with Crippen LogP contribution in [0.25, 0.3) is 10.3 Å². The first-order chi connectivity index (χ1) is 14.5. The zero-order valence-corrected chi connectivity index (χ0v) is 20.7. The maximum absolute atomic E-state index is 11.8. The molecule has 2 saturated heterocycles. The molecule has 9 nitrogen and oxygen atoms in total. The van der Waals surface area contributed by atoms with Crippen molar-refractivity contribution < 1.29 is 14.1 Å². The Bertz CT molecular complexity index is 970. The Kier molecular flexibility index (Phi) is 5.97. The number of nitro groups is 1. The number of morpholine rings is 1. The second-order valence-electron chi connectivity index (χ2n) is 9.74. The Morgan fingerprint density at radius 1 is 1.23 bits per heavy atom. The lowest BCUT2D eigenvalue weighted by atomic mass is 10.2. The molecule has 0 N–H and O–H groups in total. The molecule has 2 fully saturated rings. The Morgan fingerprint density at radius 2 is 1.94 bits per heavy atom. The predicted molar refractivity (Wildman–Crippen MR) is 126 cm³/mol. The van der Waals surface area contributed by atoms with E-state index in [0.717, 1.165) is 29.3 Å². The summed E-state index contributed by atoms with van der Waals surface area (Å²) in [7, 11) is -1.90. The van der Waals surface area contributed by atoms with Crippen LogP contribution in [-0.4, -0.2) is 68.7 Å². The van der Waals surface area contributed by atoms with Crippen LogP contribution in [0.4, 0.5) is 16.6 Å². The summed E-state index contributed by atoms with van der Waals surface area (Å²) >= 11 is 1.45. The first kappa shape index (κ1) is 22.4. The number of hydrogen-bond donors (Lipinski definition) is 0. The number of rotatable bonds is 5. The lowest BCUT2D eigenvalue weighted by Gasteiger charge is -2.38. The van der Waals surface area contributed by atoms with Crippen molar-refractivity contribution in [3.63, 3.8) is 0 Å². The van der Waals surface area contributed by atoms with Gasteiger partial charge in [0.1, 0.15) is 0 Å². The summed E-state index contributed by atoms with van der Waals surface area (Å²) in [5, 5.41) is 12.8. The number of thiazole rings is 1. The van der Waals surface area contributed by atoms with Crippen molar-refractivity contribution in [2.75, 3.05) is 49.2 Å². The van der Waals surface area contributed by atoms with E-state index < -0.39 is 8.32 Å². The number of hydrogen-bond acceptors (Lipinski definition) is 9. The van der Waals surface area contributed by atoms with Gasteiger partial charge in [-0.15, -0.1) is 0 Å². The lowest BCUT2D eigenvalue weighted by molar-refractivity contribution is -0.384. The van der Waals surface area contributed by atoms with Crippen LogP contribution < -0.4 is 9.80 Å². The first-order valence-corrected chi connectivity index (χ1v) is 14.5. The minimum atomic E-state index is -1.90. The molecule has 2 aliphatic rings. The van der Waals surface area contributed by atoms with Gasteiger partial charge in [0.15, 0.2) is 19.1 Å². The molecule has 0 aliphatic carbocycles. The summed E-state index contributed by atoms with van der Waals surface area (Å²) < 4.78 is 12.7. The van der Waals surface area contributed by atoms with Gasteiger partial charge >= 0.3 is 5.69 Å². The van der Waals surface area contributed by atoms with Crippen molar-refractivity contribution in [3.05, 3.63) is 16.2 Å². The predicted octanol–water partition coefficient (Wildman–Crippen LogP) is 4.04. The van der Waals surface area contributed by atoms with E-state index in [1.54, 1.807) is 6.07 Å². The minimum absolute atomic E-state index is 0.0395. The third-order valence-corrected chi connectivity index (χ3v) is 12.1. The van der Waals surface area contributed by atoms with Crippen molar-refractivity contribution in [1.82, 2.24) is 9.97 Å². The molecule has 0 bridgehead atoms. The van der Waals surface area contributed by atoms with Crippen molar-refractivity contribution in [1.29, 1.82) is 0 Å². The molecule has 170 valence electrons. The number of nitrogens with zero attached hydrogens (tertiary/aromatic N) is 5. The second kappa shape index (κ2) is 8.27. The number of fused-ring (bicyclic) bond motifs is 1. The van der Waals surface area contributed by atoms with Gasteiger partial charge in [0, 0.05) is 32.2 Å². The molecule has 11 heteroatoms. The summed E-state index contributed by atoms with van der Waals surface area (Å²) in [6, 6.07) is 1.63. The zero-order chi connectivity index (χ0) is 22.4. The SMILES string of the molecule is CC(C)(C)[Si](C)(C)O[C@H]1CCN(c2nc3nc(N4CCOCC4)sc3cc2[N+](=O)[O-])C1. The minimum Gasteiger partial charge on any atom is -0.412 e. The normalized spacial score (nSPS) is 20.6. The molecule has 0 unspecified atom stereocenters. The maximum atomic E-state index is 11.8. The fourth-order valence-corrected chi connectivity index (χ4v) is 6.07. The standard InChI is InChI=1S/C20H31N5O4SSi/c1-20(2,3)31(4,5)29-14-6-7-24(13-14)18-15(25(26)27)12-16-17(21-18)22-19(30-16)23-8-10-28-11-9-23/h12,14H,6-11,13H2,1-5H3/t14-/m0/s1. The van der Waals surface area contributed by atoms with E-state index in [1.807, 2.05) is 4.90 Å². The lowest BCUT2D eigenvalue weighted by Crippen LogP contribution is -2.44. The van der Waals surface area contributed by atoms with Crippen LogP contribution in [0.15, 0.2) is 6.07 Å². The van der Waals surface area contributed by atoms with E-state index in [9.17, 15) is 10.1 Å². The maximum Gasteiger partial charge on any atom is 0.313 e. The summed E-state index contributed by atoms with van der Waals surface area (Å²) in [5.74, 6) is 0.401. The Labute approximate surface area is 187 Å². The van der Waals surface area contributed by atoms with Crippen molar-refractivity contribution >= 4 is 46.6 Å². The average Bonchev–Trinajstić information content (AvgIpc) is 3.32. The number of anilines is 2. The highest BCUT2D eigenvalue weighted by molar-refractivity contribution is 7.22. The molecule has 2 aromatic rings. The van der Waals surface area contributed by atoms with Gasteiger partial charge in [0.2, 0.25) is 5.82 Å². The molecule has 4 heterocycles. The number of aromatic nitrogens is 2. The van der Waals surface area contributed by atoms with Crippen LogP contribution in [0, 0.1) is 10.1 Å². The Morgan fingerprint density at radius 3 is 2.58 bits per heavy atom. The second-order valence-corrected chi connectivity index (χ2v) is 15.5. The topological polar surface area (TPSA) is 93.9 Å². The Hall–Kier alpha value is -1.82. The van der Waals surface area contributed by atoms with Crippen molar-refractivity contribution in [2.45, 2.75) is 51.4 Å². The zero-order valence-electron chi connectivity index (χ0n) is 18.9. The van der Waals surface area contributed by atoms with E-state index in [0.29, 0.717) is 37.8 Å². The van der Waals surface area contributed by atoms with Gasteiger partial charge in [0.25, 0.3) is 0 Å². The third kappa shape index (κ3) is 4.55. The van der Waals surface area contributed by atoms with Gasteiger partial charge in [0.05, 0.1) is 28.9 Å². The fraction of sp³-hybridized carbons (Fsp3) is 0.700. The van der Waals surface area contributed by atoms with E-state index in [-0.39, 0.29) is 21.8 Å². The molecular formula is C20H31N5O4SSi. The van der Waals surface area contributed by atoms with Crippen molar-refractivity contribution in [2.24, 2.45) is 0 Å². The molecule has 0 radical (unpaired) electrons. The molecule has 2 aliphatic heterocycles. The summed E-state index contributed by atoms with van der Waals surface area (Å²) in [6.07, 6.45) is 0.914. The van der Waals surface area contributed by atoms with Crippen LogP contribution in [0.5, 0.6) is 0 Å².